The third-order valence-corrected chi connectivity index (χ3v) is 3.70. The zero-order valence-electron chi connectivity index (χ0n) is 13.1. The minimum absolute atomic E-state index is 0.538. The van der Waals surface area contributed by atoms with Gasteiger partial charge in [-0.2, -0.15) is 0 Å². The highest BCUT2D eigenvalue weighted by atomic mass is 16.5. The number of aromatic amines is 1. The molecule has 0 aliphatic heterocycles. The molecule has 0 saturated carbocycles. The van der Waals surface area contributed by atoms with Gasteiger partial charge in [0.05, 0.1) is 36.6 Å². The Morgan fingerprint density at radius 3 is 2.75 bits per heavy atom. The van der Waals surface area contributed by atoms with Crippen molar-refractivity contribution in [2.45, 2.75) is 6.54 Å². The highest BCUT2D eigenvalue weighted by Crippen LogP contribution is 2.15. The highest BCUT2D eigenvalue weighted by Gasteiger charge is 2.05. The van der Waals surface area contributed by atoms with Crippen molar-refractivity contribution < 1.29 is 4.74 Å². The fourth-order valence-corrected chi connectivity index (χ4v) is 2.45. The van der Waals surface area contributed by atoms with Crippen molar-refractivity contribution >= 4 is 17.0 Å². The van der Waals surface area contributed by atoms with Crippen LogP contribution in [-0.4, -0.2) is 32.1 Å². The van der Waals surface area contributed by atoms with E-state index in [2.05, 4.69) is 25.6 Å². The Labute approximate surface area is 138 Å². The van der Waals surface area contributed by atoms with Gasteiger partial charge in [0.15, 0.2) is 0 Å². The first-order chi connectivity index (χ1) is 11.8. The molecular formula is C17H16N6O. The molecule has 4 rings (SSSR count). The maximum Gasteiger partial charge on any atom is 0.201 e. The molecule has 0 radical (unpaired) electrons. The molecule has 0 spiro atoms. The summed E-state index contributed by atoms with van der Waals surface area (Å²) in [5.74, 6) is 1.53. The molecule has 120 valence electrons. The van der Waals surface area contributed by atoms with E-state index in [1.54, 1.807) is 11.8 Å². The molecule has 24 heavy (non-hydrogen) atoms. The molecule has 0 bridgehead atoms. The SMILES string of the molecule is COc1ccc(-n2cc(CNc3nc4ccccc4[nH]3)nn2)cc1. The van der Waals surface area contributed by atoms with Gasteiger partial charge >= 0.3 is 0 Å². The van der Waals surface area contributed by atoms with E-state index in [1.165, 1.54) is 0 Å². The number of nitrogens with zero attached hydrogens (tertiary/aromatic N) is 4. The van der Waals surface area contributed by atoms with Gasteiger partial charge in [0.1, 0.15) is 11.4 Å². The van der Waals surface area contributed by atoms with E-state index in [9.17, 15) is 0 Å². The average Bonchev–Trinajstić information content (AvgIpc) is 3.26. The van der Waals surface area contributed by atoms with Gasteiger partial charge in [-0.3, -0.25) is 0 Å². The number of nitrogens with one attached hydrogen (secondary N) is 2. The number of imidazole rings is 1. The van der Waals surface area contributed by atoms with E-state index in [1.807, 2.05) is 54.7 Å². The number of hydrogen-bond donors (Lipinski definition) is 2. The van der Waals surface area contributed by atoms with Crippen LogP contribution in [0.5, 0.6) is 5.75 Å². The molecule has 0 fully saturated rings. The lowest BCUT2D eigenvalue weighted by Crippen LogP contribution is -2.01. The monoisotopic (exact) mass is 320 g/mol. The number of anilines is 1. The summed E-state index contributed by atoms with van der Waals surface area (Å²) < 4.78 is 6.89. The molecule has 0 aliphatic carbocycles. The van der Waals surface area contributed by atoms with Crippen LogP contribution in [0.4, 0.5) is 5.95 Å². The summed E-state index contributed by atoms with van der Waals surface area (Å²) in [6.45, 7) is 0.538. The Balaban J connectivity index is 1.46. The number of hydrogen-bond acceptors (Lipinski definition) is 5. The Morgan fingerprint density at radius 2 is 1.96 bits per heavy atom. The molecule has 0 unspecified atom stereocenters. The first-order valence-corrected chi connectivity index (χ1v) is 7.56. The van der Waals surface area contributed by atoms with Gasteiger partial charge in [0.25, 0.3) is 0 Å². The summed E-state index contributed by atoms with van der Waals surface area (Å²) in [6.07, 6.45) is 1.89. The van der Waals surface area contributed by atoms with Crippen molar-refractivity contribution in [3.05, 3.63) is 60.4 Å². The lowest BCUT2D eigenvalue weighted by molar-refractivity contribution is 0.414. The summed E-state index contributed by atoms with van der Waals surface area (Å²) in [5.41, 5.74) is 3.69. The minimum Gasteiger partial charge on any atom is -0.497 e. The van der Waals surface area contributed by atoms with Gasteiger partial charge in [0.2, 0.25) is 5.95 Å². The summed E-state index contributed by atoms with van der Waals surface area (Å²) in [5, 5.41) is 11.6. The van der Waals surface area contributed by atoms with Gasteiger partial charge < -0.3 is 15.0 Å². The van der Waals surface area contributed by atoms with Crippen molar-refractivity contribution in [2.75, 3.05) is 12.4 Å². The number of benzene rings is 2. The normalized spacial score (nSPS) is 10.9. The Kier molecular flexibility index (Phi) is 3.59. The zero-order chi connectivity index (χ0) is 16.4. The third kappa shape index (κ3) is 2.79. The van der Waals surface area contributed by atoms with Crippen molar-refractivity contribution in [1.82, 2.24) is 25.0 Å². The summed E-state index contributed by atoms with van der Waals surface area (Å²) in [6, 6.07) is 15.6. The molecule has 2 heterocycles. The fourth-order valence-electron chi connectivity index (χ4n) is 2.45. The van der Waals surface area contributed by atoms with E-state index >= 15 is 0 Å². The quantitative estimate of drug-likeness (QED) is 0.591. The number of ether oxygens (including phenoxy) is 1. The van der Waals surface area contributed by atoms with Crippen LogP contribution in [0.1, 0.15) is 5.69 Å². The summed E-state index contributed by atoms with van der Waals surface area (Å²) >= 11 is 0. The Bertz CT molecular complexity index is 924. The van der Waals surface area contributed by atoms with E-state index in [0.717, 1.165) is 34.1 Å². The summed E-state index contributed by atoms with van der Waals surface area (Å²) in [4.78, 5) is 7.70. The Morgan fingerprint density at radius 1 is 1.12 bits per heavy atom. The molecule has 2 aromatic heterocycles. The second-order valence-corrected chi connectivity index (χ2v) is 5.31. The van der Waals surface area contributed by atoms with Gasteiger partial charge in [0, 0.05) is 0 Å². The van der Waals surface area contributed by atoms with Crippen LogP contribution in [0.3, 0.4) is 0 Å². The fraction of sp³-hybridized carbons (Fsp3) is 0.118. The molecule has 0 saturated heterocycles. The lowest BCUT2D eigenvalue weighted by atomic mass is 10.3. The van der Waals surface area contributed by atoms with Gasteiger partial charge in [-0.05, 0) is 36.4 Å². The van der Waals surface area contributed by atoms with Gasteiger partial charge in [-0.15, -0.1) is 5.10 Å². The molecule has 7 heteroatoms. The predicted octanol–water partition coefficient (Wildman–Crippen LogP) is 2.76. The first kappa shape index (κ1) is 14.3. The average molecular weight is 320 g/mol. The van der Waals surface area contributed by atoms with Crippen LogP contribution >= 0.6 is 0 Å². The maximum absolute atomic E-state index is 5.16. The molecule has 2 aromatic carbocycles. The van der Waals surface area contributed by atoms with Crippen molar-refractivity contribution in [3.63, 3.8) is 0 Å². The standard InChI is InChI=1S/C17H16N6O/c1-24-14-8-6-13(7-9-14)23-11-12(21-22-23)10-18-17-19-15-4-2-3-5-16(15)20-17/h2-9,11H,10H2,1H3,(H2,18,19,20). The predicted molar refractivity (Wildman–Crippen MR) is 91.3 cm³/mol. The van der Waals surface area contributed by atoms with E-state index < -0.39 is 0 Å². The van der Waals surface area contributed by atoms with Crippen molar-refractivity contribution in [2.24, 2.45) is 0 Å². The topological polar surface area (TPSA) is 80.6 Å². The number of methoxy groups -OCH3 is 1. The van der Waals surface area contributed by atoms with Crippen LogP contribution in [0.2, 0.25) is 0 Å². The molecule has 0 atom stereocenters. The second kappa shape index (κ2) is 6.04. The highest BCUT2D eigenvalue weighted by molar-refractivity contribution is 5.77. The molecular weight excluding hydrogens is 304 g/mol. The van der Waals surface area contributed by atoms with Crippen LogP contribution < -0.4 is 10.1 Å². The number of aromatic nitrogens is 5. The lowest BCUT2D eigenvalue weighted by Gasteiger charge is -2.02. The second-order valence-electron chi connectivity index (χ2n) is 5.31. The van der Waals surface area contributed by atoms with Crippen LogP contribution in [0, 0.1) is 0 Å². The number of H-pyrrole nitrogens is 1. The largest absolute Gasteiger partial charge is 0.497 e. The number of rotatable bonds is 5. The third-order valence-electron chi connectivity index (χ3n) is 3.70. The number of fused-ring (bicyclic) bond motifs is 1. The molecule has 0 amide bonds. The van der Waals surface area contributed by atoms with Gasteiger partial charge in [-0.25, -0.2) is 9.67 Å². The van der Waals surface area contributed by atoms with Crippen LogP contribution in [0.15, 0.2) is 54.7 Å². The van der Waals surface area contributed by atoms with Crippen molar-refractivity contribution in [1.29, 1.82) is 0 Å². The van der Waals surface area contributed by atoms with E-state index in [0.29, 0.717) is 6.54 Å². The molecule has 7 nitrogen and oxygen atoms in total. The van der Waals surface area contributed by atoms with E-state index in [-0.39, 0.29) is 0 Å². The molecule has 2 N–H and O–H groups in total. The molecule has 0 aliphatic rings. The number of para-hydroxylation sites is 2. The smallest absolute Gasteiger partial charge is 0.201 e. The van der Waals surface area contributed by atoms with Crippen LogP contribution in [0.25, 0.3) is 16.7 Å². The van der Waals surface area contributed by atoms with Crippen LogP contribution in [-0.2, 0) is 6.54 Å². The van der Waals surface area contributed by atoms with E-state index in [4.69, 9.17) is 4.74 Å². The van der Waals surface area contributed by atoms with Crippen molar-refractivity contribution in [3.8, 4) is 11.4 Å². The first-order valence-electron chi connectivity index (χ1n) is 7.56. The summed E-state index contributed by atoms with van der Waals surface area (Å²) in [7, 11) is 1.65. The van der Waals surface area contributed by atoms with Gasteiger partial charge in [-0.1, -0.05) is 17.3 Å². The molecule has 4 aromatic rings. The minimum atomic E-state index is 0.538. The Hall–Kier alpha value is -3.35. The zero-order valence-corrected chi connectivity index (χ0v) is 13.1. The maximum atomic E-state index is 5.16.